The summed E-state index contributed by atoms with van der Waals surface area (Å²) in [5, 5.41) is 9.10. The van der Waals surface area contributed by atoms with Crippen LogP contribution in [-0.2, 0) is 9.47 Å². The molecule has 0 aromatic heterocycles. The van der Waals surface area contributed by atoms with Crippen molar-refractivity contribution in [2.75, 3.05) is 19.8 Å². The lowest BCUT2D eigenvalue weighted by molar-refractivity contribution is -0.165. The minimum atomic E-state index is -0.0628. The van der Waals surface area contributed by atoms with Gasteiger partial charge in [-0.15, -0.1) is 0 Å². The number of hydrogen-bond donors (Lipinski definition) is 1. The highest BCUT2D eigenvalue weighted by molar-refractivity contribution is 5.29. The molecule has 4 heteroatoms. The largest absolute Gasteiger partial charge is 0.508 e. The molecule has 1 aliphatic rings. The second-order valence-corrected chi connectivity index (χ2v) is 4.01. The minimum absolute atomic E-state index is 0.0628. The summed E-state index contributed by atoms with van der Waals surface area (Å²) in [6.07, 6.45) is 3.21. The van der Waals surface area contributed by atoms with E-state index in [2.05, 4.69) is 0 Å². The van der Waals surface area contributed by atoms with Gasteiger partial charge >= 0.3 is 0 Å². The van der Waals surface area contributed by atoms with E-state index >= 15 is 0 Å². The molecule has 0 saturated carbocycles. The van der Waals surface area contributed by atoms with Crippen LogP contribution in [0.15, 0.2) is 24.3 Å². The molecule has 2 rings (SSSR count). The molecule has 0 spiro atoms. The predicted molar refractivity (Wildman–Crippen MR) is 63.1 cm³/mol. The van der Waals surface area contributed by atoms with Crippen molar-refractivity contribution >= 4 is 0 Å². The van der Waals surface area contributed by atoms with Gasteiger partial charge in [0.05, 0.1) is 6.61 Å². The third-order valence-electron chi connectivity index (χ3n) is 2.63. The monoisotopic (exact) mass is 238 g/mol. The van der Waals surface area contributed by atoms with Gasteiger partial charge in [0.2, 0.25) is 0 Å². The zero-order valence-corrected chi connectivity index (χ0v) is 9.80. The Balaban J connectivity index is 1.60. The summed E-state index contributed by atoms with van der Waals surface area (Å²) < 4.78 is 16.4. The number of phenolic OH excluding ortho intramolecular Hbond substituents is 1. The van der Waals surface area contributed by atoms with E-state index in [1.165, 1.54) is 6.42 Å². The maximum atomic E-state index is 9.10. The van der Waals surface area contributed by atoms with Crippen LogP contribution in [0.5, 0.6) is 11.5 Å². The highest BCUT2D eigenvalue weighted by Crippen LogP contribution is 2.16. The molecule has 1 heterocycles. The van der Waals surface area contributed by atoms with E-state index in [0.29, 0.717) is 13.2 Å². The summed E-state index contributed by atoms with van der Waals surface area (Å²) in [5.74, 6) is 0.972. The van der Waals surface area contributed by atoms with Crippen molar-refractivity contribution in [1.82, 2.24) is 0 Å². The molecular formula is C13H18O4. The molecular weight excluding hydrogens is 220 g/mol. The number of benzene rings is 1. The van der Waals surface area contributed by atoms with Gasteiger partial charge < -0.3 is 19.3 Å². The average molecular weight is 238 g/mol. The molecule has 1 saturated heterocycles. The minimum Gasteiger partial charge on any atom is -0.508 e. The zero-order chi connectivity index (χ0) is 11.9. The summed E-state index contributed by atoms with van der Waals surface area (Å²) in [6, 6.07) is 6.65. The van der Waals surface area contributed by atoms with Crippen molar-refractivity contribution in [2.45, 2.75) is 25.6 Å². The second-order valence-electron chi connectivity index (χ2n) is 4.01. The quantitative estimate of drug-likeness (QED) is 0.800. The van der Waals surface area contributed by atoms with Gasteiger partial charge in [-0.05, 0) is 43.5 Å². The topological polar surface area (TPSA) is 47.9 Å². The smallest absolute Gasteiger partial charge is 0.157 e. The first-order valence-corrected chi connectivity index (χ1v) is 5.99. The first-order chi connectivity index (χ1) is 8.34. The Labute approximate surface area is 101 Å². The van der Waals surface area contributed by atoms with E-state index in [0.717, 1.165) is 25.2 Å². The number of ether oxygens (including phenoxy) is 3. The van der Waals surface area contributed by atoms with Crippen molar-refractivity contribution in [3.05, 3.63) is 24.3 Å². The summed E-state index contributed by atoms with van der Waals surface area (Å²) in [4.78, 5) is 0. The van der Waals surface area contributed by atoms with Gasteiger partial charge in [0.15, 0.2) is 6.29 Å². The van der Waals surface area contributed by atoms with Crippen LogP contribution in [-0.4, -0.2) is 31.2 Å². The molecule has 1 unspecified atom stereocenters. The Morgan fingerprint density at radius 3 is 2.71 bits per heavy atom. The van der Waals surface area contributed by atoms with Gasteiger partial charge in [-0.1, -0.05) is 0 Å². The van der Waals surface area contributed by atoms with Gasteiger partial charge in [0.1, 0.15) is 18.1 Å². The number of hydrogen-bond acceptors (Lipinski definition) is 4. The Hall–Kier alpha value is -1.26. The summed E-state index contributed by atoms with van der Waals surface area (Å²) in [7, 11) is 0. The summed E-state index contributed by atoms with van der Waals surface area (Å²) in [6.45, 7) is 1.81. The molecule has 1 aromatic carbocycles. The molecule has 17 heavy (non-hydrogen) atoms. The fourth-order valence-electron chi connectivity index (χ4n) is 1.72. The lowest BCUT2D eigenvalue weighted by atomic mass is 10.2. The van der Waals surface area contributed by atoms with Crippen LogP contribution in [0.4, 0.5) is 0 Å². The number of phenols is 1. The third-order valence-corrected chi connectivity index (χ3v) is 2.63. The van der Waals surface area contributed by atoms with Crippen molar-refractivity contribution < 1.29 is 19.3 Å². The normalized spacial score (nSPS) is 20.1. The Morgan fingerprint density at radius 1 is 1.18 bits per heavy atom. The van der Waals surface area contributed by atoms with Gasteiger partial charge in [-0.3, -0.25) is 0 Å². The second kappa shape index (κ2) is 6.47. The molecule has 1 N–H and O–H groups in total. The molecule has 0 amide bonds. The van der Waals surface area contributed by atoms with E-state index in [1.807, 2.05) is 0 Å². The van der Waals surface area contributed by atoms with Crippen molar-refractivity contribution in [2.24, 2.45) is 0 Å². The van der Waals surface area contributed by atoms with Crippen LogP contribution in [0, 0.1) is 0 Å². The highest BCUT2D eigenvalue weighted by atomic mass is 16.7. The summed E-state index contributed by atoms with van der Waals surface area (Å²) >= 11 is 0. The lowest BCUT2D eigenvalue weighted by Gasteiger charge is -2.22. The fraction of sp³-hybridized carbons (Fsp3) is 0.538. The van der Waals surface area contributed by atoms with Crippen molar-refractivity contribution in [3.63, 3.8) is 0 Å². The third kappa shape index (κ3) is 4.24. The standard InChI is InChI=1S/C13H18O4/c14-11-4-6-12(7-5-11)15-9-10-17-13-3-1-2-8-16-13/h4-7,13-14H,1-3,8-10H2. The van der Waals surface area contributed by atoms with E-state index in [9.17, 15) is 0 Å². The molecule has 1 fully saturated rings. The van der Waals surface area contributed by atoms with Crippen molar-refractivity contribution in [3.8, 4) is 11.5 Å². The maximum absolute atomic E-state index is 9.10. The fourth-order valence-corrected chi connectivity index (χ4v) is 1.72. The van der Waals surface area contributed by atoms with Crippen LogP contribution in [0.3, 0.4) is 0 Å². The molecule has 1 atom stereocenters. The van der Waals surface area contributed by atoms with E-state index in [4.69, 9.17) is 19.3 Å². The molecule has 94 valence electrons. The SMILES string of the molecule is Oc1ccc(OCCOC2CCCCO2)cc1. The van der Waals surface area contributed by atoms with Crippen LogP contribution < -0.4 is 4.74 Å². The lowest BCUT2D eigenvalue weighted by Crippen LogP contribution is -2.24. The van der Waals surface area contributed by atoms with Crippen LogP contribution >= 0.6 is 0 Å². The van der Waals surface area contributed by atoms with E-state index in [-0.39, 0.29) is 12.0 Å². The Kier molecular flexibility index (Phi) is 4.64. The Morgan fingerprint density at radius 2 is 2.00 bits per heavy atom. The summed E-state index contributed by atoms with van der Waals surface area (Å²) in [5.41, 5.74) is 0. The van der Waals surface area contributed by atoms with Gasteiger partial charge in [0.25, 0.3) is 0 Å². The molecule has 0 aliphatic carbocycles. The highest BCUT2D eigenvalue weighted by Gasteiger charge is 2.13. The molecule has 1 aromatic rings. The van der Waals surface area contributed by atoms with Crippen LogP contribution in [0.25, 0.3) is 0 Å². The maximum Gasteiger partial charge on any atom is 0.157 e. The van der Waals surface area contributed by atoms with E-state index < -0.39 is 0 Å². The first-order valence-electron chi connectivity index (χ1n) is 5.99. The first kappa shape index (κ1) is 12.2. The molecule has 0 radical (unpaired) electrons. The average Bonchev–Trinajstić information content (AvgIpc) is 2.38. The zero-order valence-electron chi connectivity index (χ0n) is 9.80. The number of rotatable bonds is 5. The van der Waals surface area contributed by atoms with Gasteiger partial charge in [-0.2, -0.15) is 0 Å². The van der Waals surface area contributed by atoms with Crippen LogP contribution in [0.2, 0.25) is 0 Å². The Bertz CT molecular complexity index is 317. The molecule has 4 nitrogen and oxygen atoms in total. The predicted octanol–water partition coefficient (Wildman–Crippen LogP) is 2.31. The van der Waals surface area contributed by atoms with Gasteiger partial charge in [-0.25, -0.2) is 0 Å². The van der Waals surface area contributed by atoms with Crippen LogP contribution in [0.1, 0.15) is 19.3 Å². The van der Waals surface area contributed by atoms with Gasteiger partial charge in [0, 0.05) is 6.61 Å². The molecule has 0 bridgehead atoms. The molecule has 1 aliphatic heterocycles. The number of aromatic hydroxyl groups is 1. The van der Waals surface area contributed by atoms with Crippen molar-refractivity contribution in [1.29, 1.82) is 0 Å². The van der Waals surface area contributed by atoms with E-state index in [1.54, 1.807) is 24.3 Å².